The van der Waals surface area contributed by atoms with E-state index in [9.17, 15) is 33.0 Å². The maximum absolute atomic E-state index is 13.6. The number of nitrogens with one attached hydrogen (secondary N) is 1. The van der Waals surface area contributed by atoms with Crippen LogP contribution in [0.2, 0.25) is 0 Å². The number of aliphatic hydroxyl groups excluding tert-OH is 2. The molecule has 1 amide bonds. The van der Waals surface area contributed by atoms with Crippen LogP contribution in [-0.2, 0) is 17.9 Å². The zero-order valence-electron chi connectivity index (χ0n) is 20.4. The Hall–Kier alpha value is -3.70. The molecule has 1 aliphatic carbocycles. The van der Waals surface area contributed by atoms with Gasteiger partial charge in [0.15, 0.2) is 11.6 Å². The van der Waals surface area contributed by atoms with Crippen LogP contribution in [0.15, 0.2) is 42.5 Å². The Bertz CT molecular complexity index is 1310. The Kier molecular flexibility index (Phi) is 8.48. The summed E-state index contributed by atoms with van der Waals surface area (Å²) in [4.78, 5) is 28.6. The van der Waals surface area contributed by atoms with Gasteiger partial charge in [0.05, 0.1) is 24.3 Å². The van der Waals surface area contributed by atoms with Gasteiger partial charge in [0.2, 0.25) is 0 Å². The number of amides is 1. The molecule has 1 saturated carbocycles. The highest BCUT2D eigenvalue weighted by Crippen LogP contribution is 2.43. The number of aliphatic carboxylic acids is 1. The number of imidazole rings is 1. The number of rotatable bonds is 12. The molecule has 0 saturated heterocycles. The molecule has 4 rings (SSSR count). The highest BCUT2D eigenvalue weighted by molar-refractivity contribution is 5.94. The Balaban J connectivity index is 1.60. The molecule has 202 valence electrons. The number of nitrogens with zero attached hydrogens (tertiary/aromatic N) is 2. The van der Waals surface area contributed by atoms with Gasteiger partial charge in [-0.1, -0.05) is 6.07 Å². The Morgan fingerprint density at radius 2 is 1.74 bits per heavy atom. The van der Waals surface area contributed by atoms with Crippen LogP contribution in [0, 0.1) is 17.5 Å². The summed E-state index contributed by atoms with van der Waals surface area (Å²) in [5, 5.41) is 31.8. The molecular formula is C27H28F3N3O5. The summed E-state index contributed by atoms with van der Waals surface area (Å²) in [5.41, 5.74) is 1.71. The molecule has 38 heavy (non-hydrogen) atoms. The number of benzene rings is 2. The number of carboxylic acids is 1. The molecule has 11 heteroatoms. The molecule has 2 atom stereocenters. The van der Waals surface area contributed by atoms with E-state index in [1.165, 1.54) is 30.3 Å². The maximum atomic E-state index is 13.6. The quantitative estimate of drug-likeness (QED) is 0.282. The normalized spacial score (nSPS) is 14.8. The van der Waals surface area contributed by atoms with Gasteiger partial charge in [-0.2, -0.15) is 0 Å². The molecule has 0 aliphatic heterocycles. The average molecular weight is 532 g/mol. The van der Waals surface area contributed by atoms with Gasteiger partial charge in [-0.05, 0) is 67.6 Å². The van der Waals surface area contributed by atoms with Gasteiger partial charge in [0, 0.05) is 24.6 Å². The second-order valence-corrected chi connectivity index (χ2v) is 9.46. The number of aliphatic hydroxyl groups is 2. The Labute approximate surface area is 216 Å². The standard InChI is InChI=1S/C27H28F3N3O5/c28-18-6-4-17(5-7-18)26-32-24(27(38)31-14-15-1-8-21(29)22(30)11-15)25(16-2-3-16)33(26)10-9-19(34)12-20(35)13-23(36)37/h1,4-8,11,16,19-20,34-35H,2-3,9-10,12-14H2,(H,31,38)(H,36,37)/t19-,20-/m1/s1. The highest BCUT2D eigenvalue weighted by Gasteiger charge is 2.35. The van der Waals surface area contributed by atoms with Gasteiger partial charge in [-0.25, -0.2) is 18.2 Å². The molecule has 0 spiro atoms. The van der Waals surface area contributed by atoms with E-state index in [1.54, 1.807) is 4.57 Å². The molecule has 0 radical (unpaired) electrons. The smallest absolute Gasteiger partial charge is 0.305 e. The Morgan fingerprint density at radius 3 is 2.37 bits per heavy atom. The topological polar surface area (TPSA) is 125 Å². The minimum absolute atomic E-state index is 0.0375. The van der Waals surface area contributed by atoms with Crippen LogP contribution in [0.25, 0.3) is 11.4 Å². The second-order valence-electron chi connectivity index (χ2n) is 9.46. The van der Waals surface area contributed by atoms with Gasteiger partial charge in [0.1, 0.15) is 17.3 Å². The van der Waals surface area contributed by atoms with Crippen LogP contribution in [0.5, 0.6) is 0 Å². The lowest BCUT2D eigenvalue weighted by Crippen LogP contribution is -2.25. The molecule has 8 nitrogen and oxygen atoms in total. The molecule has 2 aromatic carbocycles. The van der Waals surface area contributed by atoms with Gasteiger partial charge >= 0.3 is 5.97 Å². The summed E-state index contributed by atoms with van der Waals surface area (Å²) in [6, 6.07) is 8.94. The fourth-order valence-electron chi connectivity index (χ4n) is 4.36. The first kappa shape index (κ1) is 27.3. The van der Waals surface area contributed by atoms with E-state index < -0.39 is 48.0 Å². The van der Waals surface area contributed by atoms with Crippen molar-refractivity contribution in [1.29, 1.82) is 0 Å². The predicted molar refractivity (Wildman–Crippen MR) is 131 cm³/mol. The third kappa shape index (κ3) is 6.78. The maximum Gasteiger partial charge on any atom is 0.305 e. The number of carbonyl (C=O) groups is 2. The van der Waals surface area contributed by atoms with Crippen molar-refractivity contribution in [1.82, 2.24) is 14.9 Å². The van der Waals surface area contributed by atoms with Crippen LogP contribution in [0.1, 0.15) is 59.8 Å². The molecule has 1 aliphatic rings. The predicted octanol–water partition coefficient (Wildman–Crippen LogP) is 3.75. The lowest BCUT2D eigenvalue weighted by atomic mass is 10.1. The summed E-state index contributed by atoms with van der Waals surface area (Å²) in [6.07, 6.45) is -1.05. The van der Waals surface area contributed by atoms with Gasteiger partial charge in [-0.3, -0.25) is 9.59 Å². The highest BCUT2D eigenvalue weighted by atomic mass is 19.2. The fraction of sp³-hybridized carbons (Fsp3) is 0.370. The minimum Gasteiger partial charge on any atom is -0.481 e. The second kappa shape index (κ2) is 11.8. The summed E-state index contributed by atoms with van der Waals surface area (Å²) >= 11 is 0. The summed E-state index contributed by atoms with van der Waals surface area (Å²) in [5.74, 6) is -3.72. The van der Waals surface area contributed by atoms with Gasteiger partial charge in [-0.15, -0.1) is 0 Å². The summed E-state index contributed by atoms with van der Waals surface area (Å²) < 4.78 is 42.2. The lowest BCUT2D eigenvalue weighted by molar-refractivity contribution is -0.139. The molecular weight excluding hydrogens is 503 g/mol. The summed E-state index contributed by atoms with van der Waals surface area (Å²) in [7, 11) is 0. The van der Waals surface area contributed by atoms with Crippen molar-refractivity contribution in [3.8, 4) is 11.4 Å². The van der Waals surface area contributed by atoms with E-state index in [2.05, 4.69) is 10.3 Å². The summed E-state index contributed by atoms with van der Waals surface area (Å²) in [6.45, 7) is 0.155. The SMILES string of the molecule is O=C(O)C[C@H](O)C[C@H](O)CCn1c(-c2ccc(F)cc2)nc(C(=O)NCc2ccc(F)c(F)c2)c1C1CC1. The molecule has 1 aromatic heterocycles. The number of carboxylic acid groups (broad SMARTS) is 1. The van der Waals surface area contributed by atoms with Crippen molar-refractivity contribution >= 4 is 11.9 Å². The van der Waals surface area contributed by atoms with E-state index in [1.807, 2.05) is 0 Å². The lowest BCUT2D eigenvalue weighted by Gasteiger charge is -2.17. The number of hydrogen-bond acceptors (Lipinski definition) is 5. The van der Waals surface area contributed by atoms with Crippen LogP contribution in [0.4, 0.5) is 13.2 Å². The van der Waals surface area contributed by atoms with Gasteiger partial charge < -0.3 is 25.2 Å². The molecule has 4 N–H and O–H groups in total. The van der Waals surface area contributed by atoms with Crippen LogP contribution < -0.4 is 5.32 Å². The van der Waals surface area contributed by atoms with E-state index in [4.69, 9.17) is 5.11 Å². The number of hydrogen-bond donors (Lipinski definition) is 4. The number of aromatic nitrogens is 2. The van der Waals surface area contributed by atoms with E-state index in [-0.39, 0.29) is 37.5 Å². The Morgan fingerprint density at radius 1 is 1.03 bits per heavy atom. The third-order valence-electron chi connectivity index (χ3n) is 6.37. The zero-order chi connectivity index (χ0) is 27.4. The first-order valence-electron chi connectivity index (χ1n) is 12.3. The van der Waals surface area contributed by atoms with Crippen LogP contribution in [0.3, 0.4) is 0 Å². The van der Waals surface area contributed by atoms with Crippen molar-refractivity contribution in [2.45, 2.75) is 63.3 Å². The zero-order valence-corrected chi connectivity index (χ0v) is 20.4. The third-order valence-corrected chi connectivity index (χ3v) is 6.37. The van der Waals surface area contributed by atoms with Crippen LogP contribution in [-0.4, -0.2) is 49.0 Å². The van der Waals surface area contributed by atoms with E-state index in [0.717, 1.165) is 25.0 Å². The first-order chi connectivity index (χ1) is 18.1. The molecule has 3 aromatic rings. The average Bonchev–Trinajstić information content (AvgIpc) is 3.63. The van der Waals surface area contributed by atoms with Crippen molar-refractivity contribution in [2.75, 3.05) is 0 Å². The number of halogens is 3. The largest absolute Gasteiger partial charge is 0.481 e. The first-order valence-corrected chi connectivity index (χ1v) is 12.3. The van der Waals surface area contributed by atoms with E-state index in [0.29, 0.717) is 22.6 Å². The van der Waals surface area contributed by atoms with Gasteiger partial charge in [0.25, 0.3) is 5.91 Å². The van der Waals surface area contributed by atoms with E-state index >= 15 is 0 Å². The minimum atomic E-state index is -1.21. The van der Waals surface area contributed by atoms with Crippen molar-refractivity contribution < 1.29 is 38.1 Å². The van der Waals surface area contributed by atoms with Crippen molar-refractivity contribution in [3.05, 3.63) is 76.9 Å². The molecule has 1 heterocycles. The molecule has 1 fully saturated rings. The van der Waals surface area contributed by atoms with Crippen LogP contribution >= 0.6 is 0 Å². The van der Waals surface area contributed by atoms with Crippen molar-refractivity contribution in [3.63, 3.8) is 0 Å². The van der Waals surface area contributed by atoms with Crippen molar-refractivity contribution in [2.24, 2.45) is 0 Å². The monoisotopic (exact) mass is 531 g/mol. The molecule has 0 unspecified atom stereocenters. The number of carbonyl (C=O) groups excluding carboxylic acids is 1. The fourth-order valence-corrected chi connectivity index (χ4v) is 4.36. The molecule has 0 bridgehead atoms.